The molecule has 0 bridgehead atoms. The lowest BCUT2D eigenvalue weighted by atomic mass is 10.3. The van der Waals surface area contributed by atoms with Gasteiger partial charge in [-0.05, 0) is 23.9 Å². The summed E-state index contributed by atoms with van der Waals surface area (Å²) in [5, 5.41) is 10.2. The number of rotatable bonds is 3. The summed E-state index contributed by atoms with van der Waals surface area (Å²) >= 11 is 4.11. The first kappa shape index (κ1) is 11.1. The van der Waals surface area contributed by atoms with Crippen molar-refractivity contribution < 1.29 is 19.2 Å². The lowest BCUT2D eigenvalue weighted by molar-refractivity contribution is -0.384. The normalized spacial score (nSPS) is 14.4. The Morgan fingerprint density at radius 2 is 1.93 bits per heavy atom. The summed E-state index contributed by atoms with van der Waals surface area (Å²) in [5.41, 5.74) is -0.130. The van der Waals surface area contributed by atoms with Crippen LogP contribution < -0.4 is 9.42 Å². The van der Waals surface area contributed by atoms with Gasteiger partial charge in [0.2, 0.25) is 0 Å². The van der Waals surface area contributed by atoms with E-state index in [0.717, 1.165) is 12.1 Å². The molecular weight excluding hydrogens is 229 g/mol. The smallest absolute Gasteiger partial charge is 0.269 e. The van der Waals surface area contributed by atoms with Crippen LogP contribution in [0.4, 0.5) is 5.69 Å². The number of nitro groups is 1. The topological polar surface area (TPSA) is 95.7 Å². The van der Waals surface area contributed by atoms with Gasteiger partial charge in [-0.15, -0.1) is 0 Å². The SMILES string of the molecule is O=[N+]([O-])c1ccc(OP([O-])(O)=S)cc1. The van der Waals surface area contributed by atoms with Gasteiger partial charge >= 0.3 is 0 Å². The van der Waals surface area contributed by atoms with E-state index in [1.54, 1.807) is 0 Å². The second-order valence-corrected chi connectivity index (χ2v) is 4.81. The molecule has 1 aromatic carbocycles. The molecule has 0 amide bonds. The third-order valence-electron chi connectivity index (χ3n) is 1.27. The van der Waals surface area contributed by atoms with Crippen LogP contribution in [0.2, 0.25) is 0 Å². The molecule has 14 heavy (non-hydrogen) atoms. The fourth-order valence-electron chi connectivity index (χ4n) is 0.762. The van der Waals surface area contributed by atoms with E-state index >= 15 is 0 Å². The first-order valence-electron chi connectivity index (χ1n) is 3.36. The fourth-order valence-corrected chi connectivity index (χ4v) is 1.41. The van der Waals surface area contributed by atoms with Gasteiger partial charge in [0.15, 0.2) is 6.72 Å². The maximum absolute atomic E-state index is 10.6. The van der Waals surface area contributed by atoms with Gasteiger partial charge in [0.1, 0.15) is 5.75 Å². The predicted octanol–water partition coefficient (Wildman–Crippen LogP) is 0.551. The van der Waals surface area contributed by atoms with Crippen LogP contribution in [0.3, 0.4) is 0 Å². The maximum atomic E-state index is 10.6. The molecule has 0 aliphatic carbocycles. The maximum Gasteiger partial charge on any atom is 0.269 e. The van der Waals surface area contributed by atoms with Crippen molar-refractivity contribution in [1.29, 1.82) is 0 Å². The van der Waals surface area contributed by atoms with E-state index in [2.05, 4.69) is 16.3 Å². The highest BCUT2D eigenvalue weighted by Crippen LogP contribution is 2.33. The Bertz CT molecular complexity index is 386. The number of hydrogen-bond donors (Lipinski definition) is 1. The summed E-state index contributed by atoms with van der Waals surface area (Å²) in [6, 6.07) is 4.71. The van der Waals surface area contributed by atoms with Crippen molar-refractivity contribution >= 4 is 24.2 Å². The number of nitrogens with zero attached hydrogens (tertiary/aromatic N) is 1. The van der Waals surface area contributed by atoms with Crippen molar-refractivity contribution in [3.8, 4) is 5.75 Å². The van der Waals surface area contributed by atoms with Crippen LogP contribution in [0, 0.1) is 10.1 Å². The van der Waals surface area contributed by atoms with Crippen LogP contribution >= 0.6 is 6.72 Å². The molecule has 1 unspecified atom stereocenters. The summed E-state index contributed by atoms with van der Waals surface area (Å²) < 4.78 is 4.44. The van der Waals surface area contributed by atoms with Crippen LogP contribution in [0.15, 0.2) is 24.3 Å². The molecule has 0 heterocycles. The van der Waals surface area contributed by atoms with E-state index in [4.69, 9.17) is 4.89 Å². The molecule has 6 nitrogen and oxygen atoms in total. The molecule has 76 valence electrons. The largest absolute Gasteiger partial charge is 0.770 e. The van der Waals surface area contributed by atoms with E-state index in [0.29, 0.717) is 0 Å². The van der Waals surface area contributed by atoms with E-state index in [-0.39, 0.29) is 11.4 Å². The average Bonchev–Trinajstić information content (AvgIpc) is 2.02. The molecule has 0 aliphatic heterocycles. The van der Waals surface area contributed by atoms with Crippen molar-refractivity contribution in [2.75, 3.05) is 0 Å². The minimum Gasteiger partial charge on any atom is -0.770 e. The molecule has 0 saturated heterocycles. The van der Waals surface area contributed by atoms with E-state index in [1.165, 1.54) is 12.1 Å². The van der Waals surface area contributed by atoms with Crippen LogP contribution in [0.25, 0.3) is 0 Å². The molecular formula is C6H5NO5PS-. The Balaban J connectivity index is 2.84. The van der Waals surface area contributed by atoms with E-state index < -0.39 is 11.6 Å². The van der Waals surface area contributed by atoms with Gasteiger partial charge < -0.3 is 14.3 Å². The van der Waals surface area contributed by atoms with E-state index in [9.17, 15) is 15.0 Å². The number of benzene rings is 1. The Kier molecular flexibility index (Phi) is 3.17. The summed E-state index contributed by atoms with van der Waals surface area (Å²) in [7, 11) is 0. The molecule has 1 atom stereocenters. The van der Waals surface area contributed by atoms with Crippen molar-refractivity contribution in [1.82, 2.24) is 0 Å². The molecule has 0 saturated carbocycles. The number of nitro benzene ring substituents is 1. The van der Waals surface area contributed by atoms with Gasteiger partial charge in [0.05, 0.1) is 4.92 Å². The van der Waals surface area contributed by atoms with Crippen LogP contribution in [-0.4, -0.2) is 9.82 Å². The first-order chi connectivity index (χ1) is 6.38. The van der Waals surface area contributed by atoms with Crippen molar-refractivity contribution in [3.63, 3.8) is 0 Å². The zero-order chi connectivity index (χ0) is 10.8. The molecule has 0 fully saturated rings. The zero-order valence-corrected chi connectivity index (χ0v) is 8.40. The molecule has 1 rings (SSSR count). The zero-order valence-electron chi connectivity index (χ0n) is 6.69. The molecule has 0 radical (unpaired) electrons. The van der Waals surface area contributed by atoms with Gasteiger partial charge in [-0.2, -0.15) is 0 Å². The third-order valence-corrected chi connectivity index (χ3v) is 1.93. The lowest BCUT2D eigenvalue weighted by Gasteiger charge is -2.20. The number of non-ortho nitro benzene ring substituents is 1. The van der Waals surface area contributed by atoms with E-state index in [1.807, 2.05) is 0 Å². The summed E-state index contributed by atoms with van der Waals surface area (Å²) in [6.45, 7) is -4.01. The minimum atomic E-state index is -4.01. The van der Waals surface area contributed by atoms with Gasteiger partial charge in [0, 0.05) is 12.1 Å². The second-order valence-electron chi connectivity index (χ2n) is 2.31. The first-order valence-corrected chi connectivity index (χ1v) is 5.95. The van der Waals surface area contributed by atoms with Gasteiger partial charge in [-0.25, -0.2) is 0 Å². The van der Waals surface area contributed by atoms with Crippen LogP contribution in [-0.2, 0) is 11.8 Å². The third kappa shape index (κ3) is 3.39. The lowest BCUT2D eigenvalue weighted by Crippen LogP contribution is -2.05. The van der Waals surface area contributed by atoms with Gasteiger partial charge in [-0.3, -0.25) is 10.1 Å². The summed E-state index contributed by atoms with van der Waals surface area (Å²) in [5.74, 6) is 0.0245. The monoisotopic (exact) mass is 234 g/mol. The Hall–Kier alpha value is -1.01. The highest BCUT2D eigenvalue weighted by Gasteiger charge is 2.05. The molecule has 0 aliphatic rings. The predicted molar refractivity (Wildman–Crippen MR) is 50.2 cm³/mol. The molecule has 1 N–H and O–H groups in total. The van der Waals surface area contributed by atoms with Crippen LogP contribution in [0.5, 0.6) is 5.75 Å². The summed E-state index contributed by atoms with van der Waals surface area (Å²) in [4.78, 5) is 28.9. The molecule has 0 aromatic heterocycles. The Morgan fingerprint density at radius 1 is 1.43 bits per heavy atom. The molecule has 8 heteroatoms. The van der Waals surface area contributed by atoms with Gasteiger partial charge in [-0.1, -0.05) is 0 Å². The molecule has 1 aromatic rings. The Morgan fingerprint density at radius 3 is 2.29 bits per heavy atom. The van der Waals surface area contributed by atoms with Crippen LogP contribution in [0.1, 0.15) is 0 Å². The second kappa shape index (κ2) is 4.02. The standard InChI is InChI=1S/C6H6NO5PS/c8-7(9)5-1-3-6(4-2-5)12-13(10,11)14/h1-4H,(H2,10,11,14)/p-1. The van der Waals surface area contributed by atoms with Crippen molar-refractivity contribution in [3.05, 3.63) is 34.4 Å². The fraction of sp³-hybridized carbons (Fsp3) is 0. The Labute approximate surface area is 84.2 Å². The quantitative estimate of drug-likeness (QED) is 0.466. The highest BCUT2D eigenvalue weighted by molar-refractivity contribution is 8.06. The highest BCUT2D eigenvalue weighted by atomic mass is 32.5. The number of hydrogen-bond acceptors (Lipinski definition) is 5. The minimum absolute atomic E-state index is 0.0245. The summed E-state index contributed by atoms with van der Waals surface area (Å²) in [6.07, 6.45) is 0. The molecule has 0 spiro atoms. The average molecular weight is 234 g/mol. The van der Waals surface area contributed by atoms with Crippen molar-refractivity contribution in [2.24, 2.45) is 0 Å². The van der Waals surface area contributed by atoms with Crippen molar-refractivity contribution in [2.45, 2.75) is 0 Å². The van der Waals surface area contributed by atoms with Gasteiger partial charge in [0.25, 0.3) is 5.69 Å².